The summed E-state index contributed by atoms with van der Waals surface area (Å²) in [5, 5.41) is 2.91. The van der Waals surface area contributed by atoms with Crippen LogP contribution in [0.2, 0.25) is 0 Å². The zero-order valence-electron chi connectivity index (χ0n) is 13.2. The second-order valence-corrected chi connectivity index (χ2v) is 6.79. The topological polar surface area (TPSA) is 46.2 Å². The van der Waals surface area contributed by atoms with E-state index in [-0.39, 0.29) is 17.1 Å². The Morgan fingerprint density at radius 2 is 1.91 bits per heavy atom. The lowest BCUT2D eigenvalue weighted by atomic mass is 9.96. The fourth-order valence-corrected chi connectivity index (χ4v) is 3.69. The van der Waals surface area contributed by atoms with Crippen molar-refractivity contribution in [3.8, 4) is 0 Å². The second kappa shape index (κ2) is 5.24. The Labute approximate surface area is 131 Å². The molecular formula is C19H21NO2. The number of allylic oxidation sites excluding steroid dienone is 2. The minimum Gasteiger partial charge on any atom is -0.326 e. The molecule has 0 saturated heterocycles. The number of carbonyl (C=O) groups is 2. The number of amides is 1. The molecule has 0 bridgehead atoms. The highest BCUT2D eigenvalue weighted by Gasteiger charge is 2.63. The van der Waals surface area contributed by atoms with Crippen LogP contribution in [0.5, 0.6) is 0 Å². The van der Waals surface area contributed by atoms with Crippen LogP contribution in [0, 0.1) is 17.3 Å². The third-order valence-corrected chi connectivity index (χ3v) is 4.99. The van der Waals surface area contributed by atoms with E-state index in [1.54, 1.807) is 13.0 Å². The molecule has 1 aromatic carbocycles. The molecule has 3 nitrogen and oxygen atoms in total. The van der Waals surface area contributed by atoms with Gasteiger partial charge in [-0.25, -0.2) is 0 Å². The van der Waals surface area contributed by atoms with Crippen LogP contribution in [0.15, 0.2) is 47.7 Å². The summed E-state index contributed by atoms with van der Waals surface area (Å²) >= 11 is 0. The van der Waals surface area contributed by atoms with Crippen molar-refractivity contribution in [1.82, 2.24) is 5.32 Å². The van der Waals surface area contributed by atoms with Crippen molar-refractivity contribution in [1.29, 1.82) is 0 Å². The van der Waals surface area contributed by atoms with Gasteiger partial charge in [0.05, 0.1) is 0 Å². The minimum atomic E-state index is -0.170. The van der Waals surface area contributed by atoms with Crippen molar-refractivity contribution in [2.24, 2.45) is 17.3 Å². The molecule has 1 N–H and O–H groups in total. The summed E-state index contributed by atoms with van der Waals surface area (Å²) in [6, 6.07) is 9.68. The molecule has 3 rings (SSSR count). The van der Waals surface area contributed by atoms with E-state index in [0.29, 0.717) is 11.8 Å². The zero-order chi connectivity index (χ0) is 15.9. The molecule has 0 spiro atoms. The monoisotopic (exact) mass is 295 g/mol. The number of hydrogen-bond donors (Lipinski definition) is 1. The highest BCUT2D eigenvalue weighted by molar-refractivity contribution is 5.99. The Kier molecular flexibility index (Phi) is 3.51. The van der Waals surface area contributed by atoms with Crippen molar-refractivity contribution in [3.63, 3.8) is 0 Å². The lowest BCUT2D eigenvalue weighted by Crippen LogP contribution is -2.24. The standard InChI is InChI=1S/C19H21NO2/c1-12(21)17-15(11-14-18(17)19(14,2)3)20-16(22)10-9-13-7-5-4-6-8-13/h4-10,14,18H,11H2,1-3H3,(H,20,22)/t14-,18+/m0/s1. The molecule has 1 saturated carbocycles. The molecule has 0 heterocycles. The average molecular weight is 295 g/mol. The maximum absolute atomic E-state index is 12.1. The maximum atomic E-state index is 12.1. The van der Waals surface area contributed by atoms with E-state index in [1.807, 2.05) is 30.3 Å². The van der Waals surface area contributed by atoms with E-state index in [4.69, 9.17) is 0 Å². The van der Waals surface area contributed by atoms with Gasteiger partial charge >= 0.3 is 0 Å². The average Bonchev–Trinajstić information content (AvgIpc) is 2.85. The van der Waals surface area contributed by atoms with Crippen molar-refractivity contribution in [2.75, 3.05) is 0 Å². The van der Waals surface area contributed by atoms with Gasteiger partial charge in [0.25, 0.3) is 0 Å². The first-order valence-corrected chi connectivity index (χ1v) is 7.69. The zero-order valence-corrected chi connectivity index (χ0v) is 13.2. The molecule has 114 valence electrons. The largest absolute Gasteiger partial charge is 0.326 e. The number of hydrogen-bond acceptors (Lipinski definition) is 2. The number of benzene rings is 1. The van der Waals surface area contributed by atoms with E-state index >= 15 is 0 Å². The Bertz CT molecular complexity index is 683. The van der Waals surface area contributed by atoms with Gasteiger partial charge in [0.15, 0.2) is 5.78 Å². The van der Waals surface area contributed by atoms with Crippen molar-refractivity contribution >= 4 is 17.8 Å². The van der Waals surface area contributed by atoms with E-state index in [9.17, 15) is 9.59 Å². The summed E-state index contributed by atoms with van der Waals surface area (Å²) in [6.07, 6.45) is 4.11. The summed E-state index contributed by atoms with van der Waals surface area (Å²) in [5.74, 6) is 0.732. The molecule has 0 aliphatic heterocycles. The summed E-state index contributed by atoms with van der Waals surface area (Å²) < 4.78 is 0. The molecule has 22 heavy (non-hydrogen) atoms. The van der Waals surface area contributed by atoms with Crippen LogP contribution in [0.3, 0.4) is 0 Å². The SMILES string of the molecule is CC(=O)C1=C(NC(=O)C=Cc2ccccc2)C[C@H]2[C@H]1C2(C)C. The Balaban J connectivity index is 1.71. The van der Waals surface area contributed by atoms with E-state index < -0.39 is 0 Å². The Morgan fingerprint density at radius 3 is 2.55 bits per heavy atom. The third kappa shape index (κ3) is 2.52. The molecule has 0 radical (unpaired) electrons. The lowest BCUT2D eigenvalue weighted by molar-refractivity contribution is -0.115. The number of ketones is 1. The summed E-state index contributed by atoms with van der Waals surface area (Å²) in [6.45, 7) is 5.98. The van der Waals surface area contributed by atoms with Crippen LogP contribution in [-0.2, 0) is 9.59 Å². The summed E-state index contributed by atoms with van der Waals surface area (Å²) in [7, 11) is 0. The van der Waals surface area contributed by atoms with Crippen molar-refractivity contribution in [3.05, 3.63) is 53.2 Å². The van der Waals surface area contributed by atoms with Gasteiger partial charge in [-0.1, -0.05) is 44.2 Å². The Hall–Kier alpha value is -2.16. The number of nitrogens with one attached hydrogen (secondary N) is 1. The smallest absolute Gasteiger partial charge is 0.248 e. The number of rotatable bonds is 4. The van der Waals surface area contributed by atoms with Gasteiger partial charge in [0.2, 0.25) is 5.91 Å². The van der Waals surface area contributed by atoms with Crippen LogP contribution in [-0.4, -0.2) is 11.7 Å². The predicted octanol–water partition coefficient (Wildman–Crippen LogP) is 3.34. The van der Waals surface area contributed by atoms with Gasteiger partial charge in [-0.05, 0) is 42.2 Å². The van der Waals surface area contributed by atoms with Crippen LogP contribution in [0.25, 0.3) is 6.08 Å². The van der Waals surface area contributed by atoms with Crippen LogP contribution < -0.4 is 5.32 Å². The van der Waals surface area contributed by atoms with Crippen LogP contribution >= 0.6 is 0 Å². The first kappa shape index (κ1) is 14.8. The predicted molar refractivity (Wildman–Crippen MR) is 86.7 cm³/mol. The van der Waals surface area contributed by atoms with Gasteiger partial charge < -0.3 is 5.32 Å². The molecule has 1 fully saturated rings. The van der Waals surface area contributed by atoms with E-state index in [0.717, 1.165) is 23.3 Å². The molecule has 0 aromatic heterocycles. The van der Waals surface area contributed by atoms with Gasteiger partial charge in [-0.2, -0.15) is 0 Å². The molecule has 3 heteroatoms. The normalized spacial score (nSPS) is 25.2. The molecule has 2 aliphatic carbocycles. The third-order valence-electron chi connectivity index (χ3n) is 4.99. The quantitative estimate of drug-likeness (QED) is 0.866. The minimum absolute atomic E-state index is 0.0837. The molecule has 2 atom stereocenters. The van der Waals surface area contributed by atoms with Gasteiger partial charge in [-0.15, -0.1) is 0 Å². The fraction of sp³-hybridized carbons (Fsp3) is 0.368. The van der Waals surface area contributed by atoms with Crippen LogP contribution in [0.4, 0.5) is 0 Å². The molecule has 1 aromatic rings. The molecule has 0 unspecified atom stereocenters. The summed E-state index contributed by atoms with van der Waals surface area (Å²) in [5.41, 5.74) is 2.84. The highest BCUT2D eigenvalue weighted by Crippen LogP contribution is 2.68. The van der Waals surface area contributed by atoms with E-state index in [2.05, 4.69) is 19.2 Å². The van der Waals surface area contributed by atoms with Gasteiger partial charge in [0, 0.05) is 17.3 Å². The lowest BCUT2D eigenvalue weighted by Gasteiger charge is -2.14. The fourth-order valence-electron chi connectivity index (χ4n) is 3.69. The Morgan fingerprint density at radius 1 is 1.23 bits per heavy atom. The molecular weight excluding hydrogens is 274 g/mol. The van der Waals surface area contributed by atoms with Gasteiger partial charge in [-0.3, -0.25) is 9.59 Å². The first-order valence-electron chi connectivity index (χ1n) is 7.69. The van der Waals surface area contributed by atoms with Gasteiger partial charge in [0.1, 0.15) is 0 Å². The molecule has 1 amide bonds. The van der Waals surface area contributed by atoms with Crippen molar-refractivity contribution in [2.45, 2.75) is 27.2 Å². The summed E-state index contributed by atoms with van der Waals surface area (Å²) in [4.78, 5) is 24.0. The first-order chi connectivity index (χ1) is 10.4. The molecule has 2 aliphatic rings. The number of carbonyl (C=O) groups excluding carboxylic acids is 2. The maximum Gasteiger partial charge on any atom is 0.248 e. The highest BCUT2D eigenvalue weighted by atomic mass is 16.1. The van der Waals surface area contributed by atoms with Crippen molar-refractivity contribution < 1.29 is 9.59 Å². The number of fused-ring (bicyclic) bond motifs is 1. The second-order valence-electron chi connectivity index (χ2n) is 6.79. The van der Waals surface area contributed by atoms with Crippen LogP contribution in [0.1, 0.15) is 32.8 Å². The number of Topliss-reactive ketones (excluding diaryl/α,β-unsaturated/α-hetero) is 1. The van der Waals surface area contributed by atoms with E-state index in [1.165, 1.54) is 6.08 Å².